The number of hydrogen-bond acceptors (Lipinski definition) is 5. The summed E-state index contributed by atoms with van der Waals surface area (Å²) in [5.41, 5.74) is 10.1. The van der Waals surface area contributed by atoms with Gasteiger partial charge in [0.1, 0.15) is 17.5 Å². The summed E-state index contributed by atoms with van der Waals surface area (Å²) in [4.78, 5) is 20.1. The molecule has 2 aromatic rings. The summed E-state index contributed by atoms with van der Waals surface area (Å²) in [7, 11) is 0. The second kappa shape index (κ2) is 6.65. The van der Waals surface area contributed by atoms with Gasteiger partial charge < -0.3 is 10.6 Å². The predicted molar refractivity (Wildman–Crippen MR) is 102 cm³/mol. The van der Waals surface area contributed by atoms with Crippen LogP contribution in [0.3, 0.4) is 0 Å². The Morgan fingerprint density at radius 3 is 2.69 bits per heavy atom. The molecule has 26 heavy (non-hydrogen) atoms. The number of pyridine rings is 1. The molecule has 132 valence electrons. The molecule has 1 aromatic heterocycles. The molecule has 2 aliphatic rings. The van der Waals surface area contributed by atoms with Gasteiger partial charge in [-0.25, -0.2) is 4.98 Å². The van der Waals surface area contributed by atoms with Crippen LogP contribution in [0.4, 0.5) is 5.82 Å². The Bertz CT molecular complexity index is 913. The highest BCUT2D eigenvalue weighted by molar-refractivity contribution is 7.98. The third-order valence-corrected chi connectivity index (χ3v) is 5.85. The fourth-order valence-corrected chi connectivity index (χ4v) is 3.95. The topological polar surface area (TPSA) is 83.0 Å². The van der Waals surface area contributed by atoms with Gasteiger partial charge in [0.15, 0.2) is 0 Å². The van der Waals surface area contributed by atoms with Gasteiger partial charge >= 0.3 is 0 Å². The maximum atomic E-state index is 12.5. The van der Waals surface area contributed by atoms with E-state index in [1.165, 1.54) is 0 Å². The number of rotatable bonds is 3. The van der Waals surface area contributed by atoms with Gasteiger partial charge in [-0.05, 0) is 36.8 Å². The number of amides is 1. The first-order valence-corrected chi connectivity index (χ1v) is 9.99. The molecule has 1 aliphatic heterocycles. The van der Waals surface area contributed by atoms with E-state index >= 15 is 0 Å². The number of aromatic nitrogens is 1. The number of nitrogens with zero attached hydrogens (tertiary/aromatic N) is 3. The lowest BCUT2D eigenvalue weighted by atomic mass is 9.91. The van der Waals surface area contributed by atoms with Crippen molar-refractivity contribution in [2.45, 2.75) is 30.7 Å². The minimum atomic E-state index is 0.193. The van der Waals surface area contributed by atoms with E-state index in [4.69, 9.17) is 5.73 Å². The molecule has 2 heterocycles. The zero-order chi connectivity index (χ0) is 18.3. The molecule has 2 N–H and O–H groups in total. The van der Waals surface area contributed by atoms with E-state index in [1.54, 1.807) is 11.8 Å². The van der Waals surface area contributed by atoms with E-state index in [0.29, 0.717) is 25.1 Å². The molecule has 1 aliphatic carbocycles. The molecule has 1 aromatic carbocycles. The highest BCUT2D eigenvalue weighted by Gasteiger charge is 2.36. The van der Waals surface area contributed by atoms with E-state index in [-0.39, 0.29) is 17.6 Å². The molecule has 1 fully saturated rings. The number of nitrogen functional groups attached to an aromatic ring is 1. The number of fused-ring (bicyclic) bond motifs is 1. The van der Waals surface area contributed by atoms with E-state index in [1.807, 2.05) is 35.4 Å². The molecule has 5 nitrogen and oxygen atoms in total. The minimum Gasteiger partial charge on any atom is -0.383 e. The quantitative estimate of drug-likeness (QED) is 0.846. The molecule has 6 heteroatoms. The number of nitriles is 1. The Morgan fingerprint density at radius 2 is 2.08 bits per heavy atom. The van der Waals surface area contributed by atoms with Crippen LogP contribution in [0.1, 0.15) is 29.7 Å². The van der Waals surface area contributed by atoms with Gasteiger partial charge in [-0.1, -0.05) is 12.1 Å². The Balaban J connectivity index is 1.82. The first kappa shape index (κ1) is 16.9. The SMILES string of the molecule is CSc1ccc(-c2c(C#N)c(N)nc3c2CN(C(=O)C2CC2)CC3)cc1. The normalized spacial score (nSPS) is 16.1. The number of thioether (sulfide) groups is 1. The Morgan fingerprint density at radius 1 is 1.35 bits per heavy atom. The number of anilines is 1. The zero-order valence-electron chi connectivity index (χ0n) is 14.7. The van der Waals surface area contributed by atoms with Crippen LogP contribution in [0.5, 0.6) is 0 Å². The highest BCUT2D eigenvalue weighted by atomic mass is 32.2. The number of carbonyl (C=O) groups excluding carboxylic acids is 1. The van der Waals surface area contributed by atoms with Crippen LogP contribution in [0.25, 0.3) is 11.1 Å². The maximum Gasteiger partial charge on any atom is 0.225 e. The Hall–Kier alpha value is -2.52. The Kier molecular flexibility index (Phi) is 4.33. The summed E-state index contributed by atoms with van der Waals surface area (Å²) < 4.78 is 0. The molecule has 0 bridgehead atoms. The van der Waals surface area contributed by atoms with E-state index in [2.05, 4.69) is 11.1 Å². The summed E-state index contributed by atoms with van der Waals surface area (Å²) in [6, 6.07) is 10.3. The molecule has 1 saturated carbocycles. The monoisotopic (exact) mass is 364 g/mol. The molecular formula is C20H20N4OS. The van der Waals surface area contributed by atoms with E-state index < -0.39 is 0 Å². The molecule has 0 radical (unpaired) electrons. The zero-order valence-corrected chi connectivity index (χ0v) is 15.5. The van der Waals surface area contributed by atoms with Crippen LogP contribution in [0.2, 0.25) is 0 Å². The van der Waals surface area contributed by atoms with Crippen molar-refractivity contribution in [1.82, 2.24) is 9.88 Å². The van der Waals surface area contributed by atoms with E-state index in [0.717, 1.165) is 40.1 Å². The van der Waals surface area contributed by atoms with Gasteiger partial charge in [-0.15, -0.1) is 11.8 Å². The second-order valence-electron chi connectivity index (χ2n) is 6.80. The van der Waals surface area contributed by atoms with Crippen molar-refractivity contribution >= 4 is 23.5 Å². The Labute approximate surface area is 157 Å². The lowest BCUT2D eigenvalue weighted by Gasteiger charge is -2.30. The standard InChI is InChI=1S/C20H20N4OS/c1-26-14-6-4-12(5-7-14)18-15(10-21)19(22)23-17-8-9-24(11-16(17)18)20(25)13-2-3-13/h4-7,13H,2-3,8-9,11H2,1H3,(H2,22,23). The van der Waals surface area contributed by atoms with Gasteiger partial charge in [0, 0.05) is 41.5 Å². The summed E-state index contributed by atoms with van der Waals surface area (Å²) in [5.74, 6) is 0.699. The van der Waals surface area contributed by atoms with Crippen molar-refractivity contribution in [3.8, 4) is 17.2 Å². The summed E-state index contributed by atoms with van der Waals surface area (Å²) in [6.07, 6.45) is 4.70. The molecule has 4 rings (SSSR count). The van der Waals surface area contributed by atoms with Crippen LogP contribution in [0, 0.1) is 17.2 Å². The third-order valence-electron chi connectivity index (χ3n) is 5.11. The van der Waals surface area contributed by atoms with Crippen LogP contribution in [0.15, 0.2) is 29.2 Å². The number of hydrogen-bond donors (Lipinski definition) is 1. The van der Waals surface area contributed by atoms with Gasteiger partial charge in [0.25, 0.3) is 0 Å². The highest BCUT2D eigenvalue weighted by Crippen LogP contribution is 2.38. The lowest BCUT2D eigenvalue weighted by molar-refractivity contribution is -0.133. The summed E-state index contributed by atoms with van der Waals surface area (Å²) in [6.45, 7) is 1.18. The molecule has 0 atom stereocenters. The third kappa shape index (κ3) is 2.93. The molecular weight excluding hydrogens is 344 g/mol. The van der Waals surface area contributed by atoms with E-state index in [9.17, 15) is 10.1 Å². The fraction of sp³-hybridized carbons (Fsp3) is 0.350. The first-order chi connectivity index (χ1) is 12.6. The van der Waals surface area contributed by atoms with Crippen molar-refractivity contribution < 1.29 is 4.79 Å². The molecule has 1 amide bonds. The predicted octanol–water partition coefficient (Wildman–Crippen LogP) is 3.22. The second-order valence-corrected chi connectivity index (χ2v) is 7.68. The lowest BCUT2D eigenvalue weighted by Crippen LogP contribution is -2.37. The van der Waals surface area contributed by atoms with Crippen LogP contribution >= 0.6 is 11.8 Å². The number of nitrogens with two attached hydrogens (primary N) is 1. The van der Waals surface area contributed by atoms with Gasteiger partial charge in [0.05, 0.1) is 5.69 Å². The largest absolute Gasteiger partial charge is 0.383 e. The number of carbonyl (C=O) groups is 1. The first-order valence-electron chi connectivity index (χ1n) is 8.77. The van der Waals surface area contributed by atoms with Crippen LogP contribution in [-0.4, -0.2) is 28.6 Å². The van der Waals surface area contributed by atoms with Crippen molar-refractivity contribution in [2.24, 2.45) is 5.92 Å². The van der Waals surface area contributed by atoms with Crippen molar-refractivity contribution in [3.63, 3.8) is 0 Å². The summed E-state index contributed by atoms with van der Waals surface area (Å²) >= 11 is 1.67. The maximum absolute atomic E-state index is 12.5. The number of benzene rings is 1. The molecule has 0 spiro atoms. The van der Waals surface area contributed by atoms with Gasteiger partial charge in [0.2, 0.25) is 5.91 Å². The van der Waals surface area contributed by atoms with Crippen molar-refractivity contribution in [2.75, 3.05) is 18.5 Å². The summed E-state index contributed by atoms with van der Waals surface area (Å²) in [5, 5.41) is 9.68. The van der Waals surface area contributed by atoms with Crippen LogP contribution < -0.4 is 5.73 Å². The average molecular weight is 364 g/mol. The van der Waals surface area contributed by atoms with Crippen molar-refractivity contribution in [1.29, 1.82) is 5.26 Å². The molecule has 0 unspecified atom stereocenters. The average Bonchev–Trinajstić information content (AvgIpc) is 3.51. The van der Waals surface area contributed by atoms with Crippen LogP contribution in [-0.2, 0) is 17.8 Å². The van der Waals surface area contributed by atoms with Gasteiger partial charge in [-0.3, -0.25) is 4.79 Å². The van der Waals surface area contributed by atoms with Gasteiger partial charge in [-0.2, -0.15) is 5.26 Å². The fourth-order valence-electron chi connectivity index (χ4n) is 3.55. The minimum absolute atomic E-state index is 0.193. The van der Waals surface area contributed by atoms with Crippen molar-refractivity contribution in [3.05, 3.63) is 41.1 Å². The molecule has 0 saturated heterocycles. The smallest absolute Gasteiger partial charge is 0.225 e.